The van der Waals surface area contributed by atoms with Gasteiger partial charge in [-0.25, -0.2) is 0 Å². The summed E-state index contributed by atoms with van der Waals surface area (Å²) < 4.78 is 41.6. The lowest BCUT2D eigenvalue weighted by molar-refractivity contribution is -0.274. The molecule has 1 aliphatic rings. The Morgan fingerprint density at radius 3 is 2.30 bits per heavy atom. The molecule has 3 N–H and O–H groups in total. The first kappa shape index (κ1) is 31.1. The number of aliphatic hydroxyl groups is 2. The zero-order valence-electron chi connectivity index (χ0n) is 22.6. The minimum atomic E-state index is -4.84. The van der Waals surface area contributed by atoms with Gasteiger partial charge >= 0.3 is 6.36 Å². The summed E-state index contributed by atoms with van der Waals surface area (Å²) in [5.41, 5.74) is 2.05. The summed E-state index contributed by atoms with van der Waals surface area (Å²) >= 11 is 0. The fourth-order valence-corrected chi connectivity index (χ4v) is 5.52. The number of halogens is 3. The molecule has 8 nitrogen and oxygen atoms in total. The van der Waals surface area contributed by atoms with Gasteiger partial charge in [-0.3, -0.25) is 14.4 Å². The number of rotatable bonds is 12. The minimum Gasteiger partial charge on any atom is -0.507 e. The van der Waals surface area contributed by atoms with Crippen molar-refractivity contribution in [1.29, 1.82) is 0 Å². The Morgan fingerprint density at radius 1 is 1.12 bits per heavy atom. The highest BCUT2D eigenvalue weighted by Gasteiger charge is 2.36. The predicted octanol–water partition coefficient (Wildman–Crippen LogP) is 4.31. The van der Waals surface area contributed by atoms with Crippen LogP contribution in [0.1, 0.15) is 48.5 Å². The molecule has 1 aliphatic carbocycles. The van der Waals surface area contributed by atoms with Crippen LogP contribution in [0.5, 0.6) is 11.5 Å². The molecule has 0 amide bonds. The third-order valence-corrected chi connectivity index (χ3v) is 7.25. The molecule has 0 aliphatic heterocycles. The smallest absolute Gasteiger partial charge is 0.507 e. The molecule has 0 spiro atoms. The molecule has 0 bridgehead atoms. The molecule has 2 aromatic carbocycles. The quantitative estimate of drug-likeness (QED) is 0.325. The number of benzene rings is 2. The Labute approximate surface area is 230 Å². The van der Waals surface area contributed by atoms with Crippen LogP contribution in [-0.2, 0) is 16.0 Å². The van der Waals surface area contributed by atoms with Gasteiger partial charge < -0.3 is 25.0 Å². The van der Waals surface area contributed by atoms with Gasteiger partial charge in [0.1, 0.15) is 23.1 Å². The molecular weight excluding hydrogens is 531 g/mol. The van der Waals surface area contributed by atoms with Crippen LogP contribution >= 0.6 is 0 Å². The van der Waals surface area contributed by atoms with Crippen LogP contribution in [0.2, 0.25) is 0 Å². The molecule has 218 valence electrons. The summed E-state index contributed by atoms with van der Waals surface area (Å²) in [6.45, 7) is 0.581. The first-order valence-corrected chi connectivity index (χ1v) is 12.9. The van der Waals surface area contributed by atoms with Crippen molar-refractivity contribution in [2.75, 3.05) is 32.2 Å². The molecule has 40 heavy (non-hydrogen) atoms. The van der Waals surface area contributed by atoms with Gasteiger partial charge in [0.2, 0.25) is 0 Å². The zero-order valence-corrected chi connectivity index (χ0v) is 22.6. The largest absolute Gasteiger partial charge is 0.573 e. The van der Waals surface area contributed by atoms with Gasteiger partial charge in [0.15, 0.2) is 5.78 Å². The van der Waals surface area contributed by atoms with E-state index in [1.165, 1.54) is 19.1 Å². The van der Waals surface area contributed by atoms with Gasteiger partial charge in [0.05, 0.1) is 18.6 Å². The van der Waals surface area contributed by atoms with Gasteiger partial charge in [-0.2, -0.15) is 0 Å². The number of Topliss-reactive ketones (excluding diaryl/α,β-unsaturated/α-hetero) is 3. The number of ketones is 3. The lowest BCUT2D eigenvalue weighted by Crippen LogP contribution is -2.33. The van der Waals surface area contributed by atoms with Crippen LogP contribution in [0.3, 0.4) is 0 Å². The van der Waals surface area contributed by atoms with Crippen LogP contribution in [0.25, 0.3) is 11.1 Å². The lowest BCUT2D eigenvalue weighted by atomic mass is 9.73. The van der Waals surface area contributed by atoms with Gasteiger partial charge in [0.25, 0.3) is 0 Å². The average Bonchev–Trinajstić information content (AvgIpc) is 2.83. The van der Waals surface area contributed by atoms with E-state index in [0.717, 1.165) is 12.1 Å². The Hall–Kier alpha value is -3.44. The van der Waals surface area contributed by atoms with Crippen LogP contribution < -0.4 is 9.64 Å². The number of nitrogens with zero attached hydrogens (tertiary/aromatic N) is 1. The molecule has 0 aromatic heterocycles. The maximum atomic E-state index is 13.4. The molecule has 2 aromatic rings. The number of alkyl halides is 3. The van der Waals surface area contributed by atoms with Crippen molar-refractivity contribution in [1.82, 2.24) is 0 Å². The van der Waals surface area contributed by atoms with E-state index in [1.807, 2.05) is 0 Å². The molecule has 3 unspecified atom stereocenters. The van der Waals surface area contributed by atoms with E-state index in [9.17, 15) is 42.9 Å². The number of carbonyl (C=O) groups excluding carboxylic acids is 3. The summed E-state index contributed by atoms with van der Waals surface area (Å²) in [5.74, 6) is -3.29. The number of aromatic hydroxyl groups is 1. The lowest BCUT2D eigenvalue weighted by Gasteiger charge is -2.33. The highest BCUT2D eigenvalue weighted by atomic mass is 19.4. The van der Waals surface area contributed by atoms with Crippen molar-refractivity contribution in [2.24, 2.45) is 17.8 Å². The molecule has 3 rings (SSSR count). The SMILES string of the molecule is CC(=O)CC(=O)C(CO)C(CCO)CC1CC(=O)c2c(O)c(-c3ccc(OC(F)(F)F)cc3)cc(N(C)C)c2C1. The summed E-state index contributed by atoms with van der Waals surface area (Å²) in [5, 5.41) is 30.7. The zero-order chi connectivity index (χ0) is 29.8. The van der Waals surface area contributed by atoms with Crippen molar-refractivity contribution in [3.05, 3.63) is 41.5 Å². The predicted molar refractivity (Wildman–Crippen MR) is 141 cm³/mol. The second kappa shape index (κ2) is 12.8. The van der Waals surface area contributed by atoms with Gasteiger partial charge in [-0.1, -0.05) is 12.1 Å². The first-order valence-electron chi connectivity index (χ1n) is 12.9. The average molecular weight is 566 g/mol. The van der Waals surface area contributed by atoms with Crippen LogP contribution in [0.4, 0.5) is 18.9 Å². The Kier molecular flexibility index (Phi) is 9.96. The second-order valence-corrected chi connectivity index (χ2v) is 10.5. The Bertz CT molecular complexity index is 1240. The molecule has 0 fully saturated rings. The van der Waals surface area contributed by atoms with E-state index in [4.69, 9.17) is 0 Å². The van der Waals surface area contributed by atoms with Crippen molar-refractivity contribution >= 4 is 23.0 Å². The number of carbonyl (C=O) groups is 3. The van der Waals surface area contributed by atoms with Crippen LogP contribution in [-0.4, -0.2) is 66.3 Å². The number of hydrogen-bond acceptors (Lipinski definition) is 8. The summed E-state index contributed by atoms with van der Waals surface area (Å²) in [6, 6.07) is 6.65. The summed E-state index contributed by atoms with van der Waals surface area (Å²) in [4.78, 5) is 39.3. The topological polar surface area (TPSA) is 124 Å². The van der Waals surface area contributed by atoms with Crippen molar-refractivity contribution in [3.63, 3.8) is 0 Å². The van der Waals surface area contributed by atoms with Gasteiger partial charge in [-0.05, 0) is 67.3 Å². The first-order chi connectivity index (χ1) is 18.7. The third-order valence-electron chi connectivity index (χ3n) is 7.25. The maximum Gasteiger partial charge on any atom is 0.573 e. The molecule has 0 heterocycles. The van der Waals surface area contributed by atoms with Gasteiger partial charge in [-0.15, -0.1) is 13.2 Å². The number of hydrogen-bond donors (Lipinski definition) is 3. The Morgan fingerprint density at radius 2 is 1.77 bits per heavy atom. The molecular formula is C29H34F3NO7. The van der Waals surface area contributed by atoms with E-state index >= 15 is 0 Å². The van der Waals surface area contributed by atoms with E-state index in [-0.39, 0.29) is 60.2 Å². The van der Waals surface area contributed by atoms with E-state index in [0.29, 0.717) is 29.7 Å². The monoisotopic (exact) mass is 565 g/mol. The molecule has 3 atom stereocenters. The molecule has 0 radical (unpaired) electrons. The Balaban J connectivity index is 1.95. The van der Waals surface area contributed by atoms with Crippen molar-refractivity contribution in [3.8, 4) is 22.6 Å². The van der Waals surface area contributed by atoms with E-state index < -0.39 is 36.3 Å². The van der Waals surface area contributed by atoms with E-state index in [1.54, 1.807) is 25.1 Å². The fourth-order valence-electron chi connectivity index (χ4n) is 5.52. The highest BCUT2D eigenvalue weighted by Crippen LogP contribution is 2.45. The van der Waals surface area contributed by atoms with Crippen LogP contribution in [0.15, 0.2) is 30.3 Å². The number of anilines is 1. The van der Waals surface area contributed by atoms with Crippen molar-refractivity contribution < 1.29 is 47.6 Å². The number of ether oxygens (including phenoxy) is 1. The number of phenolic OH excluding ortho intramolecular Hbond substituents is 1. The molecule has 0 saturated heterocycles. The summed E-state index contributed by atoms with van der Waals surface area (Å²) in [7, 11) is 3.53. The minimum absolute atomic E-state index is 0.0518. The second-order valence-electron chi connectivity index (χ2n) is 10.5. The van der Waals surface area contributed by atoms with Gasteiger partial charge in [0, 0.05) is 44.3 Å². The molecule has 11 heteroatoms. The standard InChI is InChI=1S/C29H34F3NO7/c1-16(36)10-25(37)23(15-35)19(8-9-34)11-17-12-22-24(33(2)3)14-21(28(39)27(22)26(38)13-17)18-4-6-20(7-5-18)40-29(30,31)32/h4-7,14,17,19,23,34-35,39H,8-13,15H2,1-3H3. The maximum absolute atomic E-state index is 13.4. The molecule has 0 saturated carbocycles. The number of aliphatic hydroxyl groups excluding tert-OH is 2. The number of fused-ring (bicyclic) bond motifs is 1. The highest BCUT2D eigenvalue weighted by molar-refractivity contribution is 6.05. The number of phenols is 1. The normalized spacial score (nSPS) is 16.7. The fraction of sp³-hybridized carbons (Fsp3) is 0.483. The third kappa shape index (κ3) is 7.39. The van der Waals surface area contributed by atoms with Crippen LogP contribution in [0, 0.1) is 17.8 Å². The van der Waals surface area contributed by atoms with E-state index in [2.05, 4.69) is 4.74 Å². The summed E-state index contributed by atoms with van der Waals surface area (Å²) in [6.07, 6.45) is -4.17. The van der Waals surface area contributed by atoms with Crippen molar-refractivity contribution in [2.45, 2.75) is 45.4 Å².